The van der Waals surface area contributed by atoms with Crippen molar-refractivity contribution in [1.82, 2.24) is 14.8 Å². The summed E-state index contributed by atoms with van der Waals surface area (Å²) in [4.78, 5) is 27.8. The van der Waals surface area contributed by atoms with E-state index in [1.165, 1.54) is 11.0 Å². The average Bonchev–Trinajstić information content (AvgIpc) is 3.17. The fourth-order valence-electron chi connectivity index (χ4n) is 2.41. The molecule has 0 spiro atoms. The number of anilines is 2. The molecular formula is C13H11N5O4. The molecule has 22 heavy (non-hydrogen) atoms. The smallest absolute Gasteiger partial charge is 0.252 e. The first-order valence-electron chi connectivity index (χ1n) is 6.60. The van der Waals surface area contributed by atoms with Crippen LogP contribution in [0.2, 0.25) is 0 Å². The third kappa shape index (κ3) is 2.03. The molecule has 3 heterocycles. The summed E-state index contributed by atoms with van der Waals surface area (Å²) in [6.07, 6.45) is 1.30. The Morgan fingerprint density at radius 3 is 3.18 bits per heavy atom. The van der Waals surface area contributed by atoms with Crippen LogP contribution >= 0.6 is 0 Å². The molecule has 2 aliphatic rings. The molecule has 2 aliphatic heterocycles. The van der Waals surface area contributed by atoms with Gasteiger partial charge < -0.3 is 14.8 Å². The van der Waals surface area contributed by atoms with E-state index in [1.54, 1.807) is 18.2 Å². The zero-order valence-corrected chi connectivity index (χ0v) is 11.3. The van der Waals surface area contributed by atoms with Crippen molar-refractivity contribution in [2.24, 2.45) is 0 Å². The number of ether oxygens (including phenoxy) is 2. The Morgan fingerprint density at radius 1 is 1.41 bits per heavy atom. The van der Waals surface area contributed by atoms with E-state index in [-0.39, 0.29) is 25.0 Å². The van der Waals surface area contributed by atoms with E-state index in [2.05, 4.69) is 20.7 Å². The molecule has 1 aromatic carbocycles. The van der Waals surface area contributed by atoms with Gasteiger partial charge in [-0.05, 0) is 12.1 Å². The van der Waals surface area contributed by atoms with Gasteiger partial charge in [0.25, 0.3) is 5.91 Å². The molecule has 2 aromatic rings. The fourth-order valence-corrected chi connectivity index (χ4v) is 2.41. The second kappa shape index (κ2) is 4.72. The molecule has 0 fully saturated rings. The molecular weight excluding hydrogens is 290 g/mol. The third-order valence-corrected chi connectivity index (χ3v) is 3.44. The lowest BCUT2D eigenvalue weighted by Crippen LogP contribution is -2.23. The minimum absolute atomic E-state index is 0.0311. The van der Waals surface area contributed by atoms with E-state index >= 15 is 0 Å². The maximum absolute atomic E-state index is 12.1. The highest BCUT2D eigenvalue weighted by atomic mass is 16.7. The van der Waals surface area contributed by atoms with Crippen molar-refractivity contribution in [2.75, 3.05) is 17.4 Å². The molecule has 2 N–H and O–H groups in total. The van der Waals surface area contributed by atoms with Crippen LogP contribution in [-0.4, -0.2) is 33.4 Å². The van der Waals surface area contributed by atoms with Crippen LogP contribution < -0.4 is 20.1 Å². The van der Waals surface area contributed by atoms with Gasteiger partial charge in [0.2, 0.25) is 18.6 Å². The number of rotatable bonds is 3. The summed E-state index contributed by atoms with van der Waals surface area (Å²) in [5, 5.41) is 9.23. The number of fused-ring (bicyclic) bond motifs is 2. The molecule has 112 valence electrons. The number of hydrogen-bond acceptors (Lipinski definition) is 6. The van der Waals surface area contributed by atoms with Crippen molar-refractivity contribution < 1.29 is 19.1 Å². The summed E-state index contributed by atoms with van der Waals surface area (Å²) >= 11 is 0. The maximum atomic E-state index is 12.1. The Bertz CT molecular complexity index is 772. The predicted octanol–water partition coefficient (Wildman–Crippen LogP) is 0.529. The second-order valence-electron chi connectivity index (χ2n) is 4.85. The van der Waals surface area contributed by atoms with E-state index in [4.69, 9.17) is 9.47 Å². The zero-order valence-electron chi connectivity index (χ0n) is 11.3. The summed E-state index contributed by atoms with van der Waals surface area (Å²) < 4.78 is 11.9. The highest BCUT2D eigenvalue weighted by molar-refractivity contribution is 6.00. The first-order valence-corrected chi connectivity index (χ1v) is 6.60. The molecule has 0 saturated carbocycles. The van der Waals surface area contributed by atoms with Crippen molar-refractivity contribution >= 4 is 23.5 Å². The Morgan fingerprint density at radius 2 is 2.27 bits per heavy atom. The summed E-state index contributed by atoms with van der Waals surface area (Å²) in [6.45, 7) is 0.171. The van der Waals surface area contributed by atoms with Crippen LogP contribution in [-0.2, 0) is 9.59 Å². The van der Waals surface area contributed by atoms with Crippen molar-refractivity contribution in [3.05, 3.63) is 24.5 Å². The van der Waals surface area contributed by atoms with Crippen molar-refractivity contribution in [2.45, 2.75) is 12.5 Å². The lowest BCUT2D eigenvalue weighted by atomic mass is 10.2. The Hall–Kier alpha value is -3.10. The second-order valence-corrected chi connectivity index (χ2v) is 4.85. The SMILES string of the molecule is O=C(C[C@@H]1C(=O)Nc2ncnn21)Nc1ccc2c(c1)OCO2. The average molecular weight is 301 g/mol. The van der Waals surface area contributed by atoms with Gasteiger partial charge >= 0.3 is 0 Å². The Kier molecular flexibility index (Phi) is 2.71. The van der Waals surface area contributed by atoms with Gasteiger partial charge in [-0.3, -0.25) is 14.9 Å². The van der Waals surface area contributed by atoms with E-state index < -0.39 is 6.04 Å². The molecule has 4 rings (SSSR count). The molecule has 0 radical (unpaired) electrons. The minimum Gasteiger partial charge on any atom is -0.454 e. The molecule has 9 heteroatoms. The van der Waals surface area contributed by atoms with Crippen LogP contribution in [0.15, 0.2) is 24.5 Å². The van der Waals surface area contributed by atoms with Crippen LogP contribution in [0.1, 0.15) is 12.5 Å². The van der Waals surface area contributed by atoms with Crippen LogP contribution in [0.25, 0.3) is 0 Å². The fraction of sp³-hybridized carbons (Fsp3) is 0.231. The van der Waals surface area contributed by atoms with Gasteiger partial charge in [-0.25, -0.2) is 4.68 Å². The lowest BCUT2D eigenvalue weighted by molar-refractivity contribution is -0.123. The van der Waals surface area contributed by atoms with Crippen LogP contribution in [0.4, 0.5) is 11.6 Å². The van der Waals surface area contributed by atoms with Gasteiger partial charge in [0.05, 0.1) is 6.42 Å². The van der Waals surface area contributed by atoms with Crippen LogP contribution in [0.3, 0.4) is 0 Å². The molecule has 0 saturated heterocycles. The first kappa shape index (κ1) is 12.6. The lowest BCUT2D eigenvalue weighted by Gasteiger charge is -2.10. The standard InChI is InChI=1S/C13H11N5O4/c19-11(4-8-12(20)17-13-14-5-15-18(8)13)16-7-1-2-9-10(3-7)22-6-21-9/h1-3,5,8H,4,6H2,(H,16,19)(H,14,15,17,20)/t8-/m1/s1. The zero-order chi connectivity index (χ0) is 15.1. The molecule has 2 amide bonds. The highest BCUT2D eigenvalue weighted by Gasteiger charge is 2.33. The summed E-state index contributed by atoms with van der Waals surface area (Å²) in [5.74, 6) is 0.972. The monoisotopic (exact) mass is 301 g/mol. The van der Waals surface area contributed by atoms with Crippen molar-refractivity contribution in [3.8, 4) is 11.5 Å². The van der Waals surface area contributed by atoms with Gasteiger partial charge in [0.15, 0.2) is 11.5 Å². The van der Waals surface area contributed by atoms with E-state index in [1.807, 2.05) is 0 Å². The summed E-state index contributed by atoms with van der Waals surface area (Å²) in [6, 6.07) is 4.42. The van der Waals surface area contributed by atoms with Gasteiger partial charge in [-0.15, -0.1) is 0 Å². The molecule has 0 aliphatic carbocycles. The summed E-state index contributed by atoms with van der Waals surface area (Å²) in [7, 11) is 0. The van der Waals surface area contributed by atoms with Gasteiger partial charge in [-0.1, -0.05) is 0 Å². The van der Waals surface area contributed by atoms with Gasteiger partial charge in [-0.2, -0.15) is 10.1 Å². The number of nitrogens with one attached hydrogen (secondary N) is 2. The van der Waals surface area contributed by atoms with Crippen molar-refractivity contribution in [1.29, 1.82) is 0 Å². The maximum Gasteiger partial charge on any atom is 0.252 e. The van der Waals surface area contributed by atoms with E-state index in [0.717, 1.165) is 0 Å². The Labute approximate surface area is 124 Å². The van der Waals surface area contributed by atoms with Crippen LogP contribution in [0, 0.1) is 0 Å². The van der Waals surface area contributed by atoms with Crippen molar-refractivity contribution in [3.63, 3.8) is 0 Å². The van der Waals surface area contributed by atoms with Crippen LogP contribution in [0.5, 0.6) is 11.5 Å². The minimum atomic E-state index is -0.688. The van der Waals surface area contributed by atoms with E-state index in [9.17, 15) is 9.59 Å². The number of carbonyl (C=O) groups is 2. The summed E-state index contributed by atoms with van der Waals surface area (Å²) in [5.41, 5.74) is 0.575. The predicted molar refractivity (Wildman–Crippen MR) is 73.5 cm³/mol. The number of benzene rings is 1. The normalized spacial score (nSPS) is 18.0. The first-order chi connectivity index (χ1) is 10.7. The molecule has 0 unspecified atom stereocenters. The number of amides is 2. The largest absolute Gasteiger partial charge is 0.454 e. The number of nitrogens with zero attached hydrogens (tertiary/aromatic N) is 3. The number of hydrogen-bond donors (Lipinski definition) is 2. The van der Waals surface area contributed by atoms with E-state index in [0.29, 0.717) is 23.1 Å². The number of aromatic nitrogens is 3. The topological polar surface area (TPSA) is 107 Å². The van der Waals surface area contributed by atoms with Gasteiger partial charge in [0.1, 0.15) is 12.4 Å². The highest BCUT2D eigenvalue weighted by Crippen LogP contribution is 2.34. The quantitative estimate of drug-likeness (QED) is 0.856. The third-order valence-electron chi connectivity index (χ3n) is 3.44. The van der Waals surface area contributed by atoms with Gasteiger partial charge in [0, 0.05) is 11.8 Å². The Balaban J connectivity index is 1.46. The number of carbonyl (C=O) groups excluding carboxylic acids is 2. The molecule has 1 aromatic heterocycles. The molecule has 0 bridgehead atoms. The molecule has 9 nitrogen and oxygen atoms in total. The molecule has 1 atom stereocenters.